The SMILES string of the molecule is C[C@@H](c1ccccc1)N1CC[C@@H](NC(=O)c2cnn3cccnc23)C1. The normalized spacial score (nSPS) is 19.2. The maximum absolute atomic E-state index is 12.6. The number of fused-ring (bicyclic) bond motifs is 1. The second-order valence-corrected chi connectivity index (χ2v) is 6.49. The van der Waals surface area contributed by atoms with Crippen LogP contribution in [0.25, 0.3) is 5.65 Å². The predicted molar refractivity (Wildman–Crippen MR) is 95.3 cm³/mol. The zero-order valence-corrected chi connectivity index (χ0v) is 14.2. The second kappa shape index (κ2) is 6.64. The maximum Gasteiger partial charge on any atom is 0.257 e. The quantitative estimate of drug-likeness (QED) is 0.795. The summed E-state index contributed by atoms with van der Waals surface area (Å²) in [5.41, 5.74) is 2.42. The van der Waals surface area contributed by atoms with Crippen molar-refractivity contribution in [3.63, 3.8) is 0 Å². The van der Waals surface area contributed by atoms with Gasteiger partial charge in [-0.25, -0.2) is 9.50 Å². The molecule has 1 fully saturated rings. The van der Waals surface area contributed by atoms with Gasteiger partial charge in [-0.3, -0.25) is 9.69 Å². The first-order valence-corrected chi connectivity index (χ1v) is 8.60. The minimum absolute atomic E-state index is 0.104. The first kappa shape index (κ1) is 15.8. The molecule has 0 bridgehead atoms. The molecule has 3 aromatic rings. The lowest BCUT2D eigenvalue weighted by molar-refractivity contribution is 0.0938. The van der Waals surface area contributed by atoms with Gasteiger partial charge in [0.2, 0.25) is 0 Å². The van der Waals surface area contributed by atoms with E-state index in [9.17, 15) is 4.79 Å². The van der Waals surface area contributed by atoms with Crippen molar-refractivity contribution in [1.29, 1.82) is 0 Å². The molecule has 0 saturated carbocycles. The Labute approximate surface area is 146 Å². The van der Waals surface area contributed by atoms with Crippen LogP contribution in [-0.2, 0) is 0 Å². The molecule has 128 valence electrons. The Morgan fingerprint density at radius 3 is 2.96 bits per heavy atom. The molecule has 2 atom stereocenters. The summed E-state index contributed by atoms with van der Waals surface area (Å²) in [6, 6.07) is 12.8. The molecule has 0 radical (unpaired) electrons. The third kappa shape index (κ3) is 3.13. The molecule has 1 N–H and O–H groups in total. The summed E-state index contributed by atoms with van der Waals surface area (Å²) in [6.45, 7) is 4.05. The van der Waals surface area contributed by atoms with Crippen LogP contribution in [0.15, 0.2) is 55.0 Å². The number of benzene rings is 1. The molecule has 0 aliphatic carbocycles. The van der Waals surface area contributed by atoms with Gasteiger partial charge in [-0.15, -0.1) is 0 Å². The lowest BCUT2D eigenvalue weighted by Crippen LogP contribution is -2.37. The van der Waals surface area contributed by atoms with Crippen molar-refractivity contribution in [2.24, 2.45) is 0 Å². The smallest absolute Gasteiger partial charge is 0.257 e. The molecule has 1 amide bonds. The molecule has 1 aliphatic rings. The molecule has 6 heteroatoms. The lowest BCUT2D eigenvalue weighted by Gasteiger charge is -2.24. The Morgan fingerprint density at radius 1 is 1.28 bits per heavy atom. The van der Waals surface area contributed by atoms with E-state index in [4.69, 9.17) is 0 Å². The molecule has 3 heterocycles. The number of carbonyl (C=O) groups is 1. The van der Waals surface area contributed by atoms with Gasteiger partial charge in [-0.05, 0) is 25.0 Å². The number of nitrogens with zero attached hydrogens (tertiary/aromatic N) is 4. The number of likely N-dealkylation sites (tertiary alicyclic amines) is 1. The van der Waals surface area contributed by atoms with Crippen molar-refractivity contribution < 1.29 is 4.79 Å². The Balaban J connectivity index is 1.42. The fourth-order valence-corrected chi connectivity index (χ4v) is 3.45. The minimum Gasteiger partial charge on any atom is -0.348 e. The van der Waals surface area contributed by atoms with Crippen molar-refractivity contribution in [2.45, 2.75) is 25.4 Å². The summed E-state index contributed by atoms with van der Waals surface area (Å²) in [6.07, 6.45) is 6.00. The second-order valence-electron chi connectivity index (χ2n) is 6.49. The fraction of sp³-hybridized carbons (Fsp3) is 0.316. The maximum atomic E-state index is 12.6. The van der Waals surface area contributed by atoms with E-state index in [0.717, 1.165) is 19.5 Å². The minimum atomic E-state index is -0.104. The third-order valence-electron chi connectivity index (χ3n) is 4.91. The molecule has 25 heavy (non-hydrogen) atoms. The van der Waals surface area contributed by atoms with Gasteiger partial charge in [0.05, 0.1) is 6.20 Å². The first-order valence-electron chi connectivity index (χ1n) is 8.60. The standard InChI is InChI=1S/C19H21N5O/c1-14(15-6-3-2-4-7-15)23-11-8-16(13-23)22-19(25)17-12-21-24-10-5-9-20-18(17)24/h2-7,9-10,12,14,16H,8,11,13H2,1H3,(H,22,25)/t14-,16+/m0/s1. The molecule has 1 aliphatic heterocycles. The highest BCUT2D eigenvalue weighted by Crippen LogP contribution is 2.24. The molecule has 1 aromatic carbocycles. The average molecular weight is 335 g/mol. The summed E-state index contributed by atoms with van der Waals surface area (Å²) in [5.74, 6) is -0.104. The molecular weight excluding hydrogens is 314 g/mol. The number of nitrogens with one attached hydrogen (secondary N) is 1. The van der Waals surface area contributed by atoms with Gasteiger partial charge in [0, 0.05) is 37.6 Å². The summed E-state index contributed by atoms with van der Waals surface area (Å²) in [5, 5.41) is 7.32. The number of carbonyl (C=O) groups excluding carboxylic acids is 1. The van der Waals surface area contributed by atoms with E-state index in [0.29, 0.717) is 17.3 Å². The van der Waals surface area contributed by atoms with Crippen LogP contribution in [0.4, 0.5) is 0 Å². The van der Waals surface area contributed by atoms with E-state index in [2.05, 4.69) is 51.5 Å². The van der Waals surface area contributed by atoms with E-state index in [-0.39, 0.29) is 11.9 Å². The van der Waals surface area contributed by atoms with Crippen LogP contribution in [0.2, 0.25) is 0 Å². The fourth-order valence-electron chi connectivity index (χ4n) is 3.45. The van der Waals surface area contributed by atoms with E-state index < -0.39 is 0 Å². The molecule has 1 saturated heterocycles. The van der Waals surface area contributed by atoms with Crippen LogP contribution in [0.5, 0.6) is 0 Å². The van der Waals surface area contributed by atoms with Crippen molar-refractivity contribution >= 4 is 11.6 Å². The number of hydrogen-bond acceptors (Lipinski definition) is 4. The topological polar surface area (TPSA) is 62.5 Å². The lowest BCUT2D eigenvalue weighted by atomic mass is 10.1. The zero-order valence-electron chi connectivity index (χ0n) is 14.2. The van der Waals surface area contributed by atoms with Crippen molar-refractivity contribution in [2.75, 3.05) is 13.1 Å². The summed E-state index contributed by atoms with van der Waals surface area (Å²) in [7, 11) is 0. The number of amides is 1. The van der Waals surface area contributed by atoms with Crippen LogP contribution in [-0.4, -0.2) is 44.5 Å². The highest BCUT2D eigenvalue weighted by molar-refractivity contribution is 5.99. The molecule has 4 rings (SSSR count). The molecule has 0 unspecified atom stereocenters. The Hall–Kier alpha value is -2.73. The number of aromatic nitrogens is 3. The molecule has 0 spiro atoms. The van der Waals surface area contributed by atoms with Crippen molar-refractivity contribution in [3.8, 4) is 0 Å². The van der Waals surface area contributed by atoms with Gasteiger partial charge >= 0.3 is 0 Å². The highest BCUT2D eigenvalue weighted by atomic mass is 16.1. The Kier molecular flexibility index (Phi) is 4.19. The molecule has 6 nitrogen and oxygen atoms in total. The Morgan fingerprint density at radius 2 is 2.12 bits per heavy atom. The Bertz CT molecular complexity index is 876. The van der Waals surface area contributed by atoms with Gasteiger partial charge < -0.3 is 5.32 Å². The van der Waals surface area contributed by atoms with Gasteiger partial charge in [0.1, 0.15) is 5.56 Å². The van der Waals surface area contributed by atoms with Crippen LogP contribution >= 0.6 is 0 Å². The van der Waals surface area contributed by atoms with Gasteiger partial charge in [0.25, 0.3) is 5.91 Å². The monoisotopic (exact) mass is 335 g/mol. The zero-order chi connectivity index (χ0) is 17.2. The number of rotatable bonds is 4. The van der Waals surface area contributed by atoms with Crippen LogP contribution in [0.3, 0.4) is 0 Å². The largest absolute Gasteiger partial charge is 0.348 e. The van der Waals surface area contributed by atoms with Crippen molar-refractivity contribution in [1.82, 2.24) is 24.8 Å². The van der Waals surface area contributed by atoms with Gasteiger partial charge in [-0.2, -0.15) is 5.10 Å². The van der Waals surface area contributed by atoms with Crippen LogP contribution in [0, 0.1) is 0 Å². The van der Waals surface area contributed by atoms with E-state index in [1.165, 1.54) is 5.56 Å². The molecular formula is C19H21N5O. The third-order valence-corrected chi connectivity index (χ3v) is 4.91. The summed E-state index contributed by atoms with van der Waals surface area (Å²) in [4.78, 5) is 19.3. The first-order chi connectivity index (χ1) is 12.2. The summed E-state index contributed by atoms with van der Waals surface area (Å²) < 4.78 is 1.62. The van der Waals surface area contributed by atoms with E-state index in [1.54, 1.807) is 29.2 Å². The van der Waals surface area contributed by atoms with Crippen LogP contribution in [0.1, 0.15) is 35.3 Å². The van der Waals surface area contributed by atoms with Crippen LogP contribution < -0.4 is 5.32 Å². The predicted octanol–water partition coefficient (Wildman–Crippen LogP) is 2.29. The highest BCUT2D eigenvalue weighted by Gasteiger charge is 2.28. The van der Waals surface area contributed by atoms with Gasteiger partial charge in [-0.1, -0.05) is 30.3 Å². The van der Waals surface area contributed by atoms with E-state index in [1.807, 2.05) is 6.07 Å². The number of hydrogen-bond donors (Lipinski definition) is 1. The molecule has 2 aromatic heterocycles. The van der Waals surface area contributed by atoms with E-state index >= 15 is 0 Å². The summed E-state index contributed by atoms with van der Waals surface area (Å²) >= 11 is 0. The average Bonchev–Trinajstić information content (AvgIpc) is 3.28. The van der Waals surface area contributed by atoms with Crippen molar-refractivity contribution in [3.05, 3.63) is 66.1 Å². The van der Waals surface area contributed by atoms with Gasteiger partial charge in [0.15, 0.2) is 5.65 Å².